The predicted octanol–water partition coefficient (Wildman–Crippen LogP) is 1.25. The van der Waals surface area contributed by atoms with Crippen LogP contribution in [0.3, 0.4) is 0 Å². The second-order valence-electron chi connectivity index (χ2n) is 5.40. The molecule has 1 aliphatic rings. The van der Waals surface area contributed by atoms with Crippen LogP contribution in [0.2, 0.25) is 0 Å². The quantitative estimate of drug-likeness (QED) is 0.912. The number of hydrogen-bond acceptors (Lipinski definition) is 3. The number of rotatable bonds is 3. The van der Waals surface area contributed by atoms with E-state index in [9.17, 15) is 14.0 Å². The molecule has 1 aromatic carbocycles. The third-order valence-electron chi connectivity index (χ3n) is 3.36. The second kappa shape index (κ2) is 6.22. The average Bonchev–Trinajstić information content (AvgIpc) is 2.40. The first-order chi connectivity index (χ1) is 9.90. The Morgan fingerprint density at radius 3 is 2.81 bits per heavy atom. The normalized spacial score (nSPS) is 22.5. The van der Waals surface area contributed by atoms with Gasteiger partial charge in [0, 0.05) is 13.1 Å². The van der Waals surface area contributed by atoms with Gasteiger partial charge in [-0.05, 0) is 31.5 Å². The molecule has 2 rings (SSSR count). The van der Waals surface area contributed by atoms with Crippen LogP contribution in [0, 0.1) is 5.82 Å². The molecule has 0 aliphatic carbocycles. The van der Waals surface area contributed by atoms with E-state index in [1.807, 2.05) is 13.8 Å². The lowest BCUT2D eigenvalue weighted by Gasteiger charge is -2.38. The van der Waals surface area contributed by atoms with Crippen molar-refractivity contribution in [2.75, 3.05) is 13.7 Å². The molecular weight excluding hydrogens is 275 g/mol. The van der Waals surface area contributed by atoms with E-state index < -0.39 is 18.0 Å². The monoisotopic (exact) mass is 294 g/mol. The first kappa shape index (κ1) is 15.4. The summed E-state index contributed by atoms with van der Waals surface area (Å²) in [5.41, 5.74) is 0.537. The van der Waals surface area contributed by atoms with E-state index in [1.54, 1.807) is 19.2 Å². The molecule has 1 heterocycles. The van der Waals surface area contributed by atoms with Crippen molar-refractivity contribution in [3.63, 3.8) is 0 Å². The van der Waals surface area contributed by atoms with Gasteiger partial charge in [-0.1, -0.05) is 12.1 Å². The van der Waals surface area contributed by atoms with Crippen molar-refractivity contribution in [3.8, 4) is 0 Å². The maximum Gasteiger partial charge on any atom is 0.251 e. The minimum Gasteiger partial charge on any atom is -0.356 e. The fourth-order valence-corrected chi connectivity index (χ4v) is 2.39. The second-order valence-corrected chi connectivity index (χ2v) is 5.40. The summed E-state index contributed by atoms with van der Waals surface area (Å²) in [4.78, 5) is 25.5. The molecule has 0 spiro atoms. The average molecular weight is 294 g/mol. The van der Waals surface area contributed by atoms with Crippen molar-refractivity contribution in [2.24, 2.45) is 0 Å². The molecule has 0 unspecified atom stereocenters. The summed E-state index contributed by atoms with van der Waals surface area (Å²) >= 11 is 0. The van der Waals surface area contributed by atoms with Crippen molar-refractivity contribution in [1.82, 2.24) is 10.2 Å². The fraction of sp³-hybridized carbons (Fsp3) is 0.467. The zero-order valence-corrected chi connectivity index (χ0v) is 12.3. The van der Waals surface area contributed by atoms with Gasteiger partial charge in [-0.15, -0.1) is 0 Å². The zero-order valence-electron chi connectivity index (χ0n) is 12.3. The maximum absolute atomic E-state index is 13.4. The standard InChI is InChI=1S/C15H19FN2O3/c1-9(2)17-15(20)14-13(18(3)12(19)8-21-14)10-5-4-6-11(16)7-10/h4-7,9,13-14H,8H2,1-3H3,(H,17,20)/t13-,14-/m1/s1. The number of hydrogen-bond donors (Lipinski definition) is 1. The summed E-state index contributed by atoms with van der Waals surface area (Å²) in [6.45, 7) is 3.53. The summed E-state index contributed by atoms with van der Waals surface area (Å²) < 4.78 is 18.8. The topological polar surface area (TPSA) is 58.6 Å². The molecular formula is C15H19FN2O3. The Kier molecular flexibility index (Phi) is 4.57. The predicted molar refractivity (Wildman–Crippen MR) is 74.9 cm³/mol. The van der Waals surface area contributed by atoms with Crippen molar-refractivity contribution in [1.29, 1.82) is 0 Å². The van der Waals surface area contributed by atoms with Crippen molar-refractivity contribution in [3.05, 3.63) is 35.6 Å². The van der Waals surface area contributed by atoms with Crippen molar-refractivity contribution in [2.45, 2.75) is 32.0 Å². The Balaban J connectivity index is 2.33. The van der Waals surface area contributed by atoms with Gasteiger partial charge in [-0.2, -0.15) is 0 Å². The largest absolute Gasteiger partial charge is 0.356 e. The lowest BCUT2D eigenvalue weighted by molar-refractivity contribution is -0.162. The number of ether oxygens (including phenoxy) is 1. The van der Waals surface area contributed by atoms with E-state index in [-0.39, 0.29) is 24.5 Å². The van der Waals surface area contributed by atoms with Crippen LogP contribution in [-0.2, 0) is 14.3 Å². The smallest absolute Gasteiger partial charge is 0.251 e. The minimum atomic E-state index is -0.850. The van der Waals surface area contributed by atoms with Gasteiger partial charge in [0.05, 0.1) is 6.04 Å². The SMILES string of the molecule is CC(C)NC(=O)[C@@H]1OCC(=O)N(C)[C@@H]1c1cccc(F)c1. The number of morpholine rings is 1. The van der Waals surface area contributed by atoms with Crippen molar-refractivity contribution >= 4 is 11.8 Å². The molecule has 6 heteroatoms. The van der Waals surface area contributed by atoms with Gasteiger partial charge in [0.2, 0.25) is 5.91 Å². The summed E-state index contributed by atoms with van der Waals surface area (Å²) in [5.74, 6) is -0.960. The van der Waals surface area contributed by atoms with Gasteiger partial charge >= 0.3 is 0 Å². The van der Waals surface area contributed by atoms with Crippen LogP contribution < -0.4 is 5.32 Å². The Morgan fingerprint density at radius 1 is 1.48 bits per heavy atom. The number of likely N-dealkylation sites (N-methyl/N-ethyl adjacent to an activating group) is 1. The van der Waals surface area contributed by atoms with Gasteiger partial charge in [0.25, 0.3) is 5.91 Å². The third kappa shape index (κ3) is 3.39. The molecule has 1 fully saturated rings. The van der Waals surface area contributed by atoms with Gasteiger partial charge in [-0.3, -0.25) is 9.59 Å². The maximum atomic E-state index is 13.4. The van der Waals surface area contributed by atoms with Crippen LogP contribution in [0.4, 0.5) is 4.39 Å². The van der Waals surface area contributed by atoms with E-state index in [0.717, 1.165) is 0 Å². The molecule has 0 aromatic heterocycles. The molecule has 1 saturated heterocycles. The number of amides is 2. The van der Waals surface area contributed by atoms with Crippen LogP contribution in [-0.4, -0.2) is 42.5 Å². The summed E-state index contributed by atoms with van der Waals surface area (Å²) in [7, 11) is 1.59. The van der Waals surface area contributed by atoms with Gasteiger partial charge in [0.15, 0.2) is 6.10 Å². The van der Waals surface area contributed by atoms with E-state index >= 15 is 0 Å². The zero-order chi connectivity index (χ0) is 15.6. The molecule has 1 N–H and O–H groups in total. The molecule has 5 nitrogen and oxygen atoms in total. The molecule has 114 valence electrons. The molecule has 0 bridgehead atoms. The van der Waals surface area contributed by atoms with Gasteiger partial charge < -0.3 is 15.0 Å². The summed E-state index contributed by atoms with van der Waals surface area (Å²) in [6.07, 6.45) is -0.850. The molecule has 2 atom stereocenters. The number of carbonyl (C=O) groups is 2. The highest BCUT2D eigenvalue weighted by atomic mass is 19.1. The lowest BCUT2D eigenvalue weighted by Crippen LogP contribution is -2.53. The molecule has 21 heavy (non-hydrogen) atoms. The van der Waals surface area contributed by atoms with Crippen LogP contribution in [0.25, 0.3) is 0 Å². The van der Waals surface area contributed by atoms with Crippen LogP contribution in [0.1, 0.15) is 25.5 Å². The Hall–Kier alpha value is -1.95. The highest BCUT2D eigenvalue weighted by molar-refractivity contribution is 5.86. The number of benzene rings is 1. The highest BCUT2D eigenvalue weighted by Crippen LogP contribution is 2.29. The Bertz CT molecular complexity index is 547. The first-order valence-corrected chi connectivity index (χ1v) is 6.83. The minimum absolute atomic E-state index is 0.0443. The highest BCUT2D eigenvalue weighted by Gasteiger charge is 2.40. The van der Waals surface area contributed by atoms with Gasteiger partial charge in [-0.25, -0.2) is 4.39 Å². The van der Waals surface area contributed by atoms with E-state index in [4.69, 9.17) is 4.74 Å². The molecule has 1 aliphatic heterocycles. The first-order valence-electron chi connectivity index (χ1n) is 6.83. The van der Waals surface area contributed by atoms with Gasteiger partial charge in [0.1, 0.15) is 12.4 Å². The third-order valence-corrected chi connectivity index (χ3v) is 3.36. The Morgan fingerprint density at radius 2 is 2.19 bits per heavy atom. The molecule has 1 aromatic rings. The van der Waals surface area contributed by atoms with Crippen molar-refractivity contribution < 1.29 is 18.7 Å². The number of carbonyl (C=O) groups excluding carboxylic acids is 2. The number of halogens is 1. The lowest BCUT2D eigenvalue weighted by atomic mass is 9.97. The van der Waals surface area contributed by atoms with E-state index in [2.05, 4.69) is 5.32 Å². The van der Waals surface area contributed by atoms with E-state index in [0.29, 0.717) is 5.56 Å². The molecule has 2 amide bonds. The summed E-state index contributed by atoms with van der Waals surface area (Å²) in [6, 6.07) is 5.19. The summed E-state index contributed by atoms with van der Waals surface area (Å²) in [5, 5.41) is 2.77. The molecule has 0 saturated carbocycles. The fourth-order valence-electron chi connectivity index (χ4n) is 2.39. The van der Waals surface area contributed by atoms with Crippen LogP contribution in [0.5, 0.6) is 0 Å². The molecule has 0 radical (unpaired) electrons. The number of nitrogens with one attached hydrogen (secondary N) is 1. The Labute approximate surface area is 123 Å². The number of nitrogens with zero attached hydrogens (tertiary/aromatic N) is 1. The van der Waals surface area contributed by atoms with Crippen LogP contribution in [0.15, 0.2) is 24.3 Å². The van der Waals surface area contributed by atoms with Crippen LogP contribution >= 0.6 is 0 Å². The van der Waals surface area contributed by atoms with E-state index in [1.165, 1.54) is 17.0 Å².